The van der Waals surface area contributed by atoms with Gasteiger partial charge in [0.05, 0.1) is 12.0 Å². The van der Waals surface area contributed by atoms with Gasteiger partial charge < -0.3 is 14.6 Å². The van der Waals surface area contributed by atoms with Crippen LogP contribution in [0.15, 0.2) is 42.9 Å². The van der Waals surface area contributed by atoms with Crippen molar-refractivity contribution >= 4 is 6.09 Å². The van der Waals surface area contributed by atoms with Crippen molar-refractivity contribution in [3.63, 3.8) is 0 Å². The molecule has 2 aromatic rings. The summed E-state index contributed by atoms with van der Waals surface area (Å²) in [5, 5.41) is 2.74. The molecule has 0 spiro atoms. The average Bonchev–Trinajstić information content (AvgIpc) is 2.85. The van der Waals surface area contributed by atoms with E-state index in [9.17, 15) is 4.79 Å². The lowest BCUT2D eigenvalue weighted by atomic mass is 10.2. The summed E-state index contributed by atoms with van der Waals surface area (Å²) in [5.41, 5.74) is 1.71. The maximum atomic E-state index is 11.5. The molecule has 0 saturated heterocycles. The van der Waals surface area contributed by atoms with E-state index < -0.39 is 11.7 Å². The van der Waals surface area contributed by atoms with Crippen molar-refractivity contribution in [1.82, 2.24) is 14.9 Å². The molecule has 0 aliphatic carbocycles. The van der Waals surface area contributed by atoms with Crippen LogP contribution in [0, 0.1) is 0 Å². The smallest absolute Gasteiger partial charge is 0.407 e. The zero-order chi connectivity index (χ0) is 16.0. The van der Waals surface area contributed by atoms with Gasteiger partial charge in [0.2, 0.25) is 0 Å². The second kappa shape index (κ2) is 7.11. The Hall–Kier alpha value is -2.30. The van der Waals surface area contributed by atoms with Gasteiger partial charge in [-0.15, -0.1) is 0 Å². The van der Waals surface area contributed by atoms with Crippen molar-refractivity contribution in [1.29, 1.82) is 0 Å². The van der Waals surface area contributed by atoms with Gasteiger partial charge in [0.1, 0.15) is 5.60 Å². The van der Waals surface area contributed by atoms with E-state index in [1.165, 1.54) is 5.56 Å². The highest BCUT2D eigenvalue weighted by molar-refractivity contribution is 5.67. The number of nitrogens with zero attached hydrogens (tertiary/aromatic N) is 2. The predicted octanol–water partition coefficient (Wildman–Crippen LogP) is 3.00. The summed E-state index contributed by atoms with van der Waals surface area (Å²) in [5.74, 6) is 0. The van der Waals surface area contributed by atoms with Crippen LogP contribution in [0.25, 0.3) is 0 Å². The number of carbonyl (C=O) groups is 1. The van der Waals surface area contributed by atoms with E-state index in [-0.39, 0.29) is 0 Å². The fraction of sp³-hybridized carbons (Fsp3) is 0.412. The first-order valence-electron chi connectivity index (χ1n) is 7.44. The van der Waals surface area contributed by atoms with Gasteiger partial charge in [0.15, 0.2) is 0 Å². The SMILES string of the molecule is CC(C)(C)OC(=O)NCCc1cn(Cc2ccccc2)cn1. The summed E-state index contributed by atoms with van der Waals surface area (Å²) in [4.78, 5) is 15.9. The topological polar surface area (TPSA) is 56.1 Å². The first-order valence-corrected chi connectivity index (χ1v) is 7.44. The molecule has 0 aliphatic heterocycles. The van der Waals surface area contributed by atoms with Crippen molar-refractivity contribution in [3.05, 3.63) is 54.1 Å². The number of rotatable bonds is 5. The number of imidazole rings is 1. The highest BCUT2D eigenvalue weighted by Crippen LogP contribution is 2.07. The first kappa shape index (κ1) is 16.1. The Kier molecular flexibility index (Phi) is 5.20. The Morgan fingerprint density at radius 1 is 1.27 bits per heavy atom. The Morgan fingerprint density at radius 3 is 2.68 bits per heavy atom. The summed E-state index contributed by atoms with van der Waals surface area (Å²) >= 11 is 0. The van der Waals surface area contributed by atoms with Gasteiger partial charge in [-0.3, -0.25) is 0 Å². The number of ether oxygens (including phenoxy) is 1. The summed E-state index contributed by atoms with van der Waals surface area (Å²) in [7, 11) is 0. The standard InChI is InChI=1S/C17H23N3O2/c1-17(2,3)22-16(21)18-10-9-15-12-20(13-19-15)11-14-7-5-4-6-8-14/h4-8,12-13H,9-11H2,1-3H3,(H,18,21). The summed E-state index contributed by atoms with van der Waals surface area (Å²) in [6.07, 6.45) is 4.11. The minimum atomic E-state index is -0.471. The number of amides is 1. The normalized spacial score (nSPS) is 11.2. The molecule has 5 heteroatoms. The van der Waals surface area contributed by atoms with Crippen LogP contribution in [-0.4, -0.2) is 27.8 Å². The number of alkyl carbamates (subject to hydrolysis) is 1. The molecule has 0 saturated carbocycles. The number of hydrogen-bond donors (Lipinski definition) is 1. The highest BCUT2D eigenvalue weighted by Gasteiger charge is 2.15. The lowest BCUT2D eigenvalue weighted by molar-refractivity contribution is 0.0528. The Labute approximate surface area is 131 Å². The van der Waals surface area contributed by atoms with Crippen LogP contribution in [0.5, 0.6) is 0 Å². The minimum absolute atomic E-state index is 0.392. The number of nitrogens with one attached hydrogen (secondary N) is 1. The van der Waals surface area contributed by atoms with E-state index in [1.54, 1.807) is 0 Å². The molecule has 0 bridgehead atoms. The van der Waals surface area contributed by atoms with Crippen LogP contribution in [0.2, 0.25) is 0 Å². The molecule has 22 heavy (non-hydrogen) atoms. The molecule has 0 unspecified atom stereocenters. The van der Waals surface area contributed by atoms with Crippen molar-refractivity contribution in [3.8, 4) is 0 Å². The molecule has 118 valence electrons. The van der Waals surface area contributed by atoms with Crippen molar-refractivity contribution in [2.75, 3.05) is 6.54 Å². The minimum Gasteiger partial charge on any atom is -0.444 e. The molecular weight excluding hydrogens is 278 g/mol. The van der Waals surface area contributed by atoms with E-state index >= 15 is 0 Å². The van der Waals surface area contributed by atoms with Gasteiger partial charge in [-0.1, -0.05) is 30.3 Å². The Morgan fingerprint density at radius 2 is 2.00 bits per heavy atom. The van der Waals surface area contributed by atoms with Gasteiger partial charge in [-0.2, -0.15) is 0 Å². The quantitative estimate of drug-likeness (QED) is 0.923. The first-order chi connectivity index (χ1) is 10.4. The van der Waals surface area contributed by atoms with Crippen LogP contribution >= 0.6 is 0 Å². The molecule has 1 heterocycles. The molecule has 5 nitrogen and oxygen atoms in total. The van der Waals surface area contributed by atoms with Crippen LogP contribution in [-0.2, 0) is 17.7 Å². The maximum absolute atomic E-state index is 11.5. The van der Waals surface area contributed by atoms with Gasteiger partial charge in [-0.25, -0.2) is 9.78 Å². The molecule has 2 rings (SSSR count). The van der Waals surface area contributed by atoms with Crippen LogP contribution in [0.4, 0.5) is 4.79 Å². The number of hydrogen-bond acceptors (Lipinski definition) is 3. The maximum Gasteiger partial charge on any atom is 0.407 e. The molecule has 0 fully saturated rings. The molecule has 0 radical (unpaired) electrons. The zero-order valence-electron chi connectivity index (χ0n) is 13.4. The molecular formula is C17H23N3O2. The number of aromatic nitrogens is 2. The summed E-state index contributed by atoms with van der Waals surface area (Å²) in [6.45, 7) is 6.85. The monoisotopic (exact) mass is 301 g/mol. The predicted molar refractivity (Wildman–Crippen MR) is 85.7 cm³/mol. The van der Waals surface area contributed by atoms with Crippen LogP contribution in [0.3, 0.4) is 0 Å². The summed E-state index contributed by atoms with van der Waals surface area (Å²) < 4.78 is 7.22. The van der Waals surface area contributed by atoms with E-state index in [4.69, 9.17) is 4.74 Å². The van der Waals surface area contributed by atoms with Crippen LogP contribution in [0.1, 0.15) is 32.0 Å². The fourth-order valence-corrected chi connectivity index (χ4v) is 2.02. The lowest BCUT2D eigenvalue weighted by Gasteiger charge is -2.19. The van der Waals surface area contributed by atoms with Gasteiger partial charge in [-0.05, 0) is 26.3 Å². The van der Waals surface area contributed by atoms with Crippen LogP contribution < -0.4 is 5.32 Å². The van der Waals surface area contributed by atoms with Crippen molar-refractivity contribution in [2.45, 2.75) is 39.3 Å². The molecule has 1 amide bonds. The van der Waals surface area contributed by atoms with E-state index in [2.05, 4.69) is 22.4 Å². The Balaban J connectivity index is 1.77. The molecule has 1 aromatic carbocycles. The van der Waals surface area contributed by atoms with Crippen molar-refractivity contribution < 1.29 is 9.53 Å². The Bertz CT molecular complexity index is 600. The second-order valence-corrected chi connectivity index (χ2v) is 6.20. The number of carbonyl (C=O) groups excluding carboxylic acids is 1. The van der Waals surface area contributed by atoms with Gasteiger partial charge >= 0.3 is 6.09 Å². The van der Waals surface area contributed by atoms with E-state index in [1.807, 2.05) is 56.1 Å². The fourth-order valence-electron chi connectivity index (χ4n) is 2.02. The molecule has 1 aromatic heterocycles. The third-order valence-corrected chi connectivity index (χ3v) is 2.94. The number of benzene rings is 1. The van der Waals surface area contributed by atoms with E-state index in [0.29, 0.717) is 13.0 Å². The molecule has 0 atom stereocenters. The average molecular weight is 301 g/mol. The third kappa shape index (κ3) is 5.60. The largest absolute Gasteiger partial charge is 0.444 e. The van der Waals surface area contributed by atoms with E-state index in [0.717, 1.165) is 12.2 Å². The molecule has 1 N–H and O–H groups in total. The van der Waals surface area contributed by atoms with Gasteiger partial charge in [0, 0.05) is 25.7 Å². The lowest BCUT2D eigenvalue weighted by Crippen LogP contribution is -2.33. The zero-order valence-corrected chi connectivity index (χ0v) is 13.4. The van der Waals surface area contributed by atoms with Gasteiger partial charge in [0.25, 0.3) is 0 Å². The third-order valence-electron chi connectivity index (χ3n) is 2.94. The summed E-state index contributed by atoms with van der Waals surface area (Å²) in [6, 6.07) is 10.2. The molecule has 0 aliphatic rings. The highest BCUT2D eigenvalue weighted by atomic mass is 16.6. The van der Waals surface area contributed by atoms with Crippen molar-refractivity contribution in [2.24, 2.45) is 0 Å². The second-order valence-electron chi connectivity index (χ2n) is 6.20.